The Labute approximate surface area is 123 Å². The van der Waals surface area contributed by atoms with Crippen molar-refractivity contribution in [2.75, 3.05) is 13.2 Å². The number of rotatable bonds is 4. The Kier molecular flexibility index (Phi) is 4.22. The van der Waals surface area contributed by atoms with Gasteiger partial charge in [0.25, 0.3) is 0 Å². The molecular formula is C16H21N3O2. The van der Waals surface area contributed by atoms with Crippen molar-refractivity contribution >= 4 is 16.8 Å². The van der Waals surface area contributed by atoms with Gasteiger partial charge in [0.05, 0.1) is 6.04 Å². The molecule has 0 radical (unpaired) electrons. The zero-order chi connectivity index (χ0) is 14.7. The first-order valence-electron chi connectivity index (χ1n) is 7.43. The molecule has 0 aliphatic carbocycles. The molecule has 4 N–H and O–H groups in total. The lowest BCUT2D eigenvalue weighted by Gasteiger charge is -2.24. The Hall–Kier alpha value is -1.85. The molecule has 2 heterocycles. The van der Waals surface area contributed by atoms with E-state index < -0.39 is 6.04 Å². The Morgan fingerprint density at radius 3 is 2.95 bits per heavy atom. The Morgan fingerprint density at radius 1 is 1.38 bits per heavy atom. The van der Waals surface area contributed by atoms with Gasteiger partial charge in [-0.05, 0) is 30.9 Å². The largest absolute Gasteiger partial charge is 0.381 e. The van der Waals surface area contributed by atoms with Crippen LogP contribution in [-0.4, -0.2) is 36.2 Å². The van der Waals surface area contributed by atoms with Crippen LogP contribution in [0.25, 0.3) is 10.9 Å². The van der Waals surface area contributed by atoms with Crippen molar-refractivity contribution < 1.29 is 9.53 Å². The number of hydrogen-bond acceptors (Lipinski definition) is 3. The monoisotopic (exact) mass is 287 g/mol. The van der Waals surface area contributed by atoms with E-state index in [1.807, 2.05) is 30.5 Å². The van der Waals surface area contributed by atoms with E-state index in [0.29, 0.717) is 19.6 Å². The van der Waals surface area contributed by atoms with Gasteiger partial charge in [-0.25, -0.2) is 0 Å². The van der Waals surface area contributed by atoms with E-state index in [4.69, 9.17) is 10.5 Å². The highest BCUT2D eigenvalue weighted by atomic mass is 16.5. The van der Waals surface area contributed by atoms with Crippen molar-refractivity contribution in [1.82, 2.24) is 10.3 Å². The molecule has 1 amide bonds. The molecule has 1 saturated heterocycles. The number of para-hydroxylation sites is 1. The van der Waals surface area contributed by atoms with E-state index in [-0.39, 0.29) is 11.9 Å². The maximum Gasteiger partial charge on any atom is 0.237 e. The van der Waals surface area contributed by atoms with Gasteiger partial charge in [-0.2, -0.15) is 0 Å². The minimum absolute atomic E-state index is 0.0767. The highest BCUT2D eigenvalue weighted by molar-refractivity contribution is 5.86. The highest BCUT2D eigenvalue weighted by Crippen LogP contribution is 2.18. The number of fused-ring (bicyclic) bond motifs is 1. The number of carbonyl (C=O) groups excluding carboxylic acids is 1. The first kappa shape index (κ1) is 14.1. The van der Waals surface area contributed by atoms with Crippen LogP contribution in [0.2, 0.25) is 0 Å². The van der Waals surface area contributed by atoms with Crippen molar-refractivity contribution in [1.29, 1.82) is 0 Å². The fraction of sp³-hybridized carbons (Fsp3) is 0.438. The Morgan fingerprint density at radius 2 is 2.14 bits per heavy atom. The summed E-state index contributed by atoms with van der Waals surface area (Å²) in [6.07, 6.45) is 4.21. The molecule has 1 aromatic carbocycles. The molecule has 1 atom stereocenters. The number of ether oxygens (including phenoxy) is 1. The first-order valence-corrected chi connectivity index (χ1v) is 7.43. The van der Waals surface area contributed by atoms with Gasteiger partial charge >= 0.3 is 0 Å². The average molecular weight is 287 g/mol. The van der Waals surface area contributed by atoms with Gasteiger partial charge < -0.3 is 20.8 Å². The molecule has 5 nitrogen and oxygen atoms in total. The van der Waals surface area contributed by atoms with Crippen LogP contribution < -0.4 is 11.1 Å². The second-order valence-corrected chi connectivity index (χ2v) is 5.57. The fourth-order valence-electron chi connectivity index (χ4n) is 2.78. The molecule has 5 heteroatoms. The second-order valence-electron chi connectivity index (χ2n) is 5.57. The molecule has 2 aromatic rings. The summed E-state index contributed by atoms with van der Waals surface area (Å²) in [4.78, 5) is 15.4. The molecule has 1 aliphatic rings. The average Bonchev–Trinajstić information content (AvgIpc) is 2.91. The van der Waals surface area contributed by atoms with Crippen LogP contribution in [-0.2, 0) is 16.0 Å². The van der Waals surface area contributed by atoms with E-state index in [1.165, 1.54) is 0 Å². The van der Waals surface area contributed by atoms with E-state index >= 15 is 0 Å². The zero-order valence-electron chi connectivity index (χ0n) is 12.0. The lowest BCUT2D eigenvalue weighted by molar-refractivity contribution is -0.123. The van der Waals surface area contributed by atoms with E-state index in [0.717, 1.165) is 29.3 Å². The van der Waals surface area contributed by atoms with Gasteiger partial charge in [-0.15, -0.1) is 0 Å². The number of amides is 1. The van der Waals surface area contributed by atoms with Crippen LogP contribution in [0.3, 0.4) is 0 Å². The van der Waals surface area contributed by atoms with Crippen molar-refractivity contribution in [2.45, 2.75) is 31.3 Å². The number of aromatic amines is 1. The molecule has 3 rings (SSSR count). The minimum Gasteiger partial charge on any atom is -0.381 e. The standard InChI is InChI=1S/C16H21N3O2/c17-14(16(20)19-12-5-7-21-8-6-12)9-11-10-18-15-4-2-1-3-13(11)15/h1-4,10,12,14,18H,5-9,17H2,(H,19,20)/t14-/m0/s1. The van der Waals surface area contributed by atoms with Crippen molar-refractivity contribution in [3.05, 3.63) is 36.0 Å². The summed E-state index contributed by atoms with van der Waals surface area (Å²) in [5.41, 5.74) is 8.22. The quantitative estimate of drug-likeness (QED) is 0.793. The molecule has 1 fully saturated rings. The van der Waals surface area contributed by atoms with E-state index in [9.17, 15) is 4.79 Å². The first-order chi connectivity index (χ1) is 10.2. The topological polar surface area (TPSA) is 80.1 Å². The number of nitrogens with one attached hydrogen (secondary N) is 2. The Bertz CT molecular complexity index is 617. The summed E-state index contributed by atoms with van der Waals surface area (Å²) in [7, 11) is 0. The number of hydrogen-bond donors (Lipinski definition) is 3. The van der Waals surface area contributed by atoms with Gasteiger partial charge in [-0.1, -0.05) is 18.2 Å². The molecule has 0 saturated carbocycles. The molecule has 21 heavy (non-hydrogen) atoms. The highest BCUT2D eigenvalue weighted by Gasteiger charge is 2.21. The summed E-state index contributed by atoms with van der Waals surface area (Å²) in [5, 5.41) is 4.16. The van der Waals surface area contributed by atoms with Gasteiger partial charge in [-0.3, -0.25) is 4.79 Å². The van der Waals surface area contributed by atoms with E-state index in [1.54, 1.807) is 0 Å². The third kappa shape index (κ3) is 3.25. The van der Waals surface area contributed by atoms with Gasteiger partial charge in [0.2, 0.25) is 5.91 Å². The lowest BCUT2D eigenvalue weighted by Crippen LogP contribution is -2.48. The number of H-pyrrole nitrogens is 1. The number of aromatic nitrogens is 1. The number of nitrogens with two attached hydrogens (primary N) is 1. The van der Waals surface area contributed by atoms with Crippen LogP contribution in [0.15, 0.2) is 30.5 Å². The Balaban J connectivity index is 1.62. The summed E-state index contributed by atoms with van der Waals surface area (Å²) in [5.74, 6) is -0.0767. The summed E-state index contributed by atoms with van der Waals surface area (Å²) in [6, 6.07) is 7.72. The minimum atomic E-state index is -0.521. The third-order valence-corrected chi connectivity index (χ3v) is 4.02. The molecule has 112 valence electrons. The van der Waals surface area contributed by atoms with Crippen molar-refractivity contribution in [2.24, 2.45) is 5.73 Å². The SMILES string of the molecule is N[C@@H](Cc1c[nH]c2ccccc12)C(=O)NC1CCOCC1. The summed E-state index contributed by atoms with van der Waals surface area (Å²) < 4.78 is 5.29. The van der Waals surface area contributed by atoms with Gasteiger partial charge in [0.15, 0.2) is 0 Å². The van der Waals surface area contributed by atoms with Crippen LogP contribution >= 0.6 is 0 Å². The fourth-order valence-corrected chi connectivity index (χ4v) is 2.78. The molecule has 0 spiro atoms. The van der Waals surface area contributed by atoms with Crippen LogP contribution in [0, 0.1) is 0 Å². The molecule has 1 aliphatic heterocycles. The summed E-state index contributed by atoms with van der Waals surface area (Å²) >= 11 is 0. The van der Waals surface area contributed by atoms with Gasteiger partial charge in [0.1, 0.15) is 0 Å². The number of carbonyl (C=O) groups is 1. The van der Waals surface area contributed by atoms with Crippen molar-refractivity contribution in [3.8, 4) is 0 Å². The van der Waals surface area contributed by atoms with Crippen LogP contribution in [0.5, 0.6) is 0 Å². The normalized spacial score (nSPS) is 17.8. The maximum absolute atomic E-state index is 12.2. The zero-order valence-corrected chi connectivity index (χ0v) is 12.0. The number of benzene rings is 1. The predicted octanol–water partition coefficient (Wildman–Crippen LogP) is 1.33. The van der Waals surface area contributed by atoms with Gasteiger partial charge in [0, 0.05) is 36.4 Å². The predicted molar refractivity (Wildman–Crippen MR) is 82.0 cm³/mol. The van der Waals surface area contributed by atoms with Crippen LogP contribution in [0.4, 0.5) is 0 Å². The smallest absolute Gasteiger partial charge is 0.237 e. The third-order valence-electron chi connectivity index (χ3n) is 4.02. The summed E-state index contributed by atoms with van der Waals surface area (Å²) in [6.45, 7) is 1.42. The lowest BCUT2D eigenvalue weighted by atomic mass is 10.0. The maximum atomic E-state index is 12.2. The molecule has 1 aromatic heterocycles. The van der Waals surface area contributed by atoms with Crippen molar-refractivity contribution in [3.63, 3.8) is 0 Å². The molecule has 0 unspecified atom stereocenters. The second kappa shape index (κ2) is 6.28. The molecule has 0 bridgehead atoms. The molecular weight excluding hydrogens is 266 g/mol. The van der Waals surface area contributed by atoms with Crippen LogP contribution in [0.1, 0.15) is 18.4 Å². The van der Waals surface area contributed by atoms with E-state index in [2.05, 4.69) is 10.3 Å².